The molecule has 0 aromatic carbocycles. The van der Waals surface area contributed by atoms with Crippen molar-refractivity contribution < 1.29 is 4.79 Å². The molecule has 5 nitrogen and oxygen atoms in total. The van der Waals surface area contributed by atoms with E-state index in [2.05, 4.69) is 45.1 Å². The number of halogens is 1. The average molecular weight is 393 g/mol. The summed E-state index contributed by atoms with van der Waals surface area (Å²) in [5, 5.41) is 5.47. The fourth-order valence-electron chi connectivity index (χ4n) is 2.38. The maximum absolute atomic E-state index is 12.7. The van der Waals surface area contributed by atoms with Crippen molar-refractivity contribution in [1.29, 1.82) is 0 Å². The number of carbonyl (C=O) groups is 1. The molecule has 0 aliphatic rings. The highest BCUT2D eigenvalue weighted by Gasteiger charge is 2.19. The Hall–Kier alpha value is -1.73. The molecule has 23 heavy (non-hydrogen) atoms. The number of amides is 1. The van der Waals surface area contributed by atoms with Gasteiger partial charge in [0.1, 0.15) is 5.69 Å². The van der Waals surface area contributed by atoms with Gasteiger partial charge < -0.3 is 0 Å². The number of rotatable bonds is 3. The first kappa shape index (κ1) is 16.1. The van der Waals surface area contributed by atoms with Crippen LogP contribution in [0.4, 0.5) is 5.13 Å². The van der Waals surface area contributed by atoms with Crippen LogP contribution in [0.3, 0.4) is 0 Å². The molecule has 0 atom stereocenters. The number of aromatic nitrogens is 3. The van der Waals surface area contributed by atoms with Crippen LogP contribution in [0, 0.1) is 13.8 Å². The van der Waals surface area contributed by atoms with Crippen molar-refractivity contribution in [1.82, 2.24) is 14.4 Å². The van der Waals surface area contributed by atoms with Gasteiger partial charge in [0.25, 0.3) is 5.91 Å². The van der Waals surface area contributed by atoms with Crippen molar-refractivity contribution in [2.45, 2.75) is 33.6 Å². The molecule has 3 heterocycles. The fraction of sp³-hybridized carbons (Fsp3) is 0.312. The van der Waals surface area contributed by atoms with Crippen LogP contribution in [-0.4, -0.2) is 20.3 Å². The molecule has 3 aromatic heterocycles. The van der Waals surface area contributed by atoms with Gasteiger partial charge in [0.2, 0.25) is 0 Å². The molecule has 3 aromatic rings. The third-order valence-corrected chi connectivity index (χ3v) is 4.89. The minimum atomic E-state index is -0.197. The van der Waals surface area contributed by atoms with Gasteiger partial charge in [0.15, 0.2) is 10.8 Å². The minimum absolute atomic E-state index is 0.197. The van der Waals surface area contributed by atoms with Gasteiger partial charge in [0, 0.05) is 11.6 Å². The summed E-state index contributed by atoms with van der Waals surface area (Å²) in [5.41, 5.74) is 3.99. The van der Waals surface area contributed by atoms with E-state index in [1.165, 1.54) is 11.3 Å². The number of pyridine rings is 1. The van der Waals surface area contributed by atoms with Gasteiger partial charge in [-0.2, -0.15) is 0 Å². The summed E-state index contributed by atoms with van der Waals surface area (Å²) >= 11 is 4.94. The zero-order chi connectivity index (χ0) is 16.7. The summed E-state index contributed by atoms with van der Waals surface area (Å²) < 4.78 is 2.69. The second-order valence-corrected chi connectivity index (χ2v) is 7.50. The molecule has 7 heteroatoms. The predicted octanol–water partition coefficient (Wildman–Crippen LogP) is 4.55. The van der Waals surface area contributed by atoms with Gasteiger partial charge in [0.05, 0.1) is 15.9 Å². The van der Waals surface area contributed by atoms with Crippen molar-refractivity contribution in [3.63, 3.8) is 0 Å². The molecular weight excluding hydrogens is 376 g/mol. The van der Waals surface area contributed by atoms with E-state index in [9.17, 15) is 4.79 Å². The number of fused-ring (bicyclic) bond motifs is 1. The first-order valence-corrected chi connectivity index (χ1v) is 8.95. The summed E-state index contributed by atoms with van der Waals surface area (Å²) in [6.07, 6.45) is 1.91. The highest BCUT2D eigenvalue weighted by atomic mass is 79.9. The molecule has 0 aliphatic heterocycles. The number of nitrogens with one attached hydrogen (secondary N) is 1. The molecule has 0 fully saturated rings. The Kier molecular flexibility index (Phi) is 4.25. The van der Waals surface area contributed by atoms with Crippen LogP contribution < -0.4 is 5.32 Å². The molecule has 0 spiro atoms. The molecule has 0 unspecified atom stereocenters. The maximum Gasteiger partial charge on any atom is 0.276 e. The van der Waals surface area contributed by atoms with Crippen molar-refractivity contribution in [3.05, 3.63) is 44.8 Å². The summed E-state index contributed by atoms with van der Waals surface area (Å²) in [6.45, 7) is 7.98. The average Bonchev–Trinajstić information content (AvgIpc) is 3.03. The second kappa shape index (κ2) is 6.05. The third kappa shape index (κ3) is 3.03. The zero-order valence-corrected chi connectivity index (χ0v) is 15.7. The van der Waals surface area contributed by atoms with Crippen LogP contribution in [0.25, 0.3) is 5.65 Å². The lowest BCUT2D eigenvalue weighted by molar-refractivity contribution is 0.102. The van der Waals surface area contributed by atoms with Crippen molar-refractivity contribution >= 4 is 44.0 Å². The highest BCUT2D eigenvalue weighted by molar-refractivity contribution is 9.10. The lowest BCUT2D eigenvalue weighted by Gasteiger charge is -2.05. The van der Waals surface area contributed by atoms with Gasteiger partial charge in [-0.05, 0) is 47.3 Å². The number of nitrogens with zero attached hydrogens (tertiary/aromatic N) is 3. The number of hydrogen-bond acceptors (Lipinski definition) is 4. The van der Waals surface area contributed by atoms with E-state index in [0.29, 0.717) is 22.4 Å². The summed E-state index contributed by atoms with van der Waals surface area (Å²) in [4.78, 5) is 21.6. The lowest BCUT2D eigenvalue weighted by atomic mass is 10.2. The van der Waals surface area contributed by atoms with E-state index in [4.69, 9.17) is 0 Å². The smallest absolute Gasteiger partial charge is 0.276 e. The molecule has 3 rings (SSSR count). The first-order valence-electron chi connectivity index (χ1n) is 7.28. The standard InChI is InChI=1S/C16H17BrN4OS/c1-8(2)12-7-23-16(19-12)20-15(22)13-10(4)18-14-11(17)5-9(3)6-21(13)14/h5-8H,1-4H3,(H,19,20,22). The normalized spacial score (nSPS) is 11.4. The number of hydrogen-bond donors (Lipinski definition) is 1. The van der Waals surface area contributed by atoms with E-state index in [-0.39, 0.29) is 5.91 Å². The molecule has 0 bridgehead atoms. The second-order valence-electron chi connectivity index (χ2n) is 5.79. The molecular formula is C16H17BrN4OS. The monoisotopic (exact) mass is 392 g/mol. The quantitative estimate of drug-likeness (QED) is 0.711. The van der Waals surface area contributed by atoms with Crippen molar-refractivity contribution in [2.75, 3.05) is 5.32 Å². The molecule has 0 saturated heterocycles. The van der Waals surface area contributed by atoms with Crippen LogP contribution in [0.1, 0.15) is 47.2 Å². The van der Waals surface area contributed by atoms with Crippen LogP contribution in [0.5, 0.6) is 0 Å². The summed E-state index contributed by atoms with van der Waals surface area (Å²) in [6, 6.07) is 1.99. The molecule has 0 radical (unpaired) electrons. The minimum Gasteiger partial charge on any atom is -0.296 e. The van der Waals surface area contributed by atoms with E-state index in [1.54, 1.807) is 0 Å². The van der Waals surface area contributed by atoms with Crippen molar-refractivity contribution in [2.24, 2.45) is 0 Å². The van der Waals surface area contributed by atoms with Gasteiger partial charge in [-0.25, -0.2) is 9.97 Å². The van der Waals surface area contributed by atoms with Crippen LogP contribution in [0.15, 0.2) is 22.1 Å². The molecule has 1 amide bonds. The number of aryl methyl sites for hydroxylation is 2. The summed E-state index contributed by atoms with van der Waals surface area (Å²) in [7, 11) is 0. The fourth-order valence-corrected chi connectivity index (χ4v) is 3.89. The summed E-state index contributed by atoms with van der Waals surface area (Å²) in [5.74, 6) is 0.144. The SMILES string of the molecule is Cc1cc(Br)c2nc(C)c(C(=O)Nc3nc(C(C)C)cs3)n2c1. The number of imidazole rings is 1. The Morgan fingerprint density at radius 1 is 1.35 bits per heavy atom. The molecule has 120 valence electrons. The van der Waals surface area contributed by atoms with Gasteiger partial charge in [-0.15, -0.1) is 11.3 Å². The Bertz CT molecular complexity index is 897. The van der Waals surface area contributed by atoms with E-state index in [1.807, 2.05) is 35.9 Å². The third-order valence-electron chi connectivity index (χ3n) is 3.54. The lowest BCUT2D eigenvalue weighted by Crippen LogP contribution is -2.15. The Morgan fingerprint density at radius 3 is 2.74 bits per heavy atom. The van der Waals surface area contributed by atoms with Crippen molar-refractivity contribution in [3.8, 4) is 0 Å². The van der Waals surface area contributed by atoms with E-state index >= 15 is 0 Å². The van der Waals surface area contributed by atoms with Gasteiger partial charge in [-0.3, -0.25) is 14.5 Å². The van der Waals surface area contributed by atoms with Crippen LogP contribution in [0.2, 0.25) is 0 Å². The van der Waals surface area contributed by atoms with Crippen LogP contribution in [-0.2, 0) is 0 Å². The largest absolute Gasteiger partial charge is 0.296 e. The van der Waals surface area contributed by atoms with Crippen LogP contribution >= 0.6 is 27.3 Å². The maximum atomic E-state index is 12.7. The topological polar surface area (TPSA) is 59.3 Å². The molecule has 0 aliphatic carbocycles. The van der Waals surface area contributed by atoms with E-state index < -0.39 is 0 Å². The molecule has 0 saturated carbocycles. The first-order chi connectivity index (χ1) is 10.9. The zero-order valence-electron chi connectivity index (χ0n) is 13.3. The molecule has 1 N–H and O–H groups in total. The Labute approximate surface area is 146 Å². The predicted molar refractivity (Wildman–Crippen MR) is 96.5 cm³/mol. The number of anilines is 1. The number of thiazole rings is 1. The highest BCUT2D eigenvalue weighted by Crippen LogP contribution is 2.25. The Morgan fingerprint density at radius 2 is 2.09 bits per heavy atom. The number of carbonyl (C=O) groups excluding carboxylic acids is 1. The van der Waals surface area contributed by atoms with Gasteiger partial charge in [-0.1, -0.05) is 13.8 Å². The Balaban J connectivity index is 1.98. The van der Waals surface area contributed by atoms with E-state index in [0.717, 1.165) is 21.4 Å². The van der Waals surface area contributed by atoms with Gasteiger partial charge >= 0.3 is 0 Å².